The van der Waals surface area contributed by atoms with E-state index in [-0.39, 0.29) is 4.90 Å². The number of benzene rings is 1. The van der Waals surface area contributed by atoms with E-state index in [1.165, 1.54) is 23.5 Å². The lowest BCUT2D eigenvalue weighted by Gasteiger charge is -2.24. The van der Waals surface area contributed by atoms with Crippen LogP contribution in [0.4, 0.5) is 4.39 Å². The summed E-state index contributed by atoms with van der Waals surface area (Å²) in [6.45, 7) is 5.04. The minimum Gasteiger partial charge on any atom is -0.248 e. The summed E-state index contributed by atoms with van der Waals surface area (Å²) in [5, 5.41) is 2.45. The van der Waals surface area contributed by atoms with Gasteiger partial charge in [0.15, 0.2) is 0 Å². The molecule has 4 nitrogen and oxygen atoms in total. The molecule has 2 aromatic rings. The predicted octanol–water partition coefficient (Wildman–Crippen LogP) is 2.80. The molecular formula is C13H15FN2O2S2. The summed E-state index contributed by atoms with van der Waals surface area (Å²) in [6.07, 6.45) is 1.62. The Labute approximate surface area is 121 Å². The first-order valence-electron chi connectivity index (χ1n) is 5.92. The molecule has 20 heavy (non-hydrogen) atoms. The Morgan fingerprint density at radius 2 is 2.05 bits per heavy atom. The van der Waals surface area contributed by atoms with Crippen molar-refractivity contribution in [1.82, 2.24) is 9.71 Å². The van der Waals surface area contributed by atoms with E-state index >= 15 is 0 Å². The van der Waals surface area contributed by atoms with Gasteiger partial charge in [-0.2, -0.15) is 4.72 Å². The Balaban J connectivity index is 2.37. The normalized spacial score (nSPS) is 12.6. The maximum Gasteiger partial charge on any atom is 0.241 e. The van der Waals surface area contributed by atoms with Crippen molar-refractivity contribution in [2.45, 2.75) is 31.2 Å². The molecule has 0 aliphatic carbocycles. The van der Waals surface area contributed by atoms with Gasteiger partial charge in [-0.1, -0.05) is 0 Å². The van der Waals surface area contributed by atoms with E-state index in [1.807, 2.05) is 0 Å². The quantitative estimate of drug-likeness (QED) is 0.944. The first-order chi connectivity index (χ1) is 9.22. The van der Waals surface area contributed by atoms with Crippen LogP contribution in [0.3, 0.4) is 0 Å². The van der Waals surface area contributed by atoms with Crippen molar-refractivity contribution in [1.29, 1.82) is 0 Å². The Bertz CT molecular complexity index is 710. The topological polar surface area (TPSA) is 59.1 Å². The Hall–Kier alpha value is -1.31. The number of hydrogen-bond donors (Lipinski definition) is 1. The van der Waals surface area contributed by atoms with E-state index < -0.39 is 21.4 Å². The molecule has 1 aromatic heterocycles. The molecule has 0 atom stereocenters. The molecule has 0 spiro atoms. The maximum atomic E-state index is 13.1. The van der Waals surface area contributed by atoms with Crippen LogP contribution < -0.4 is 4.72 Å². The molecule has 0 saturated heterocycles. The van der Waals surface area contributed by atoms with Crippen molar-refractivity contribution in [3.8, 4) is 0 Å². The monoisotopic (exact) mass is 314 g/mol. The third kappa shape index (κ3) is 3.05. The van der Waals surface area contributed by atoms with Crippen LogP contribution in [0.2, 0.25) is 0 Å². The minimum absolute atomic E-state index is 0.0727. The number of rotatable bonds is 4. The van der Waals surface area contributed by atoms with Gasteiger partial charge in [0.25, 0.3) is 0 Å². The first kappa shape index (κ1) is 15.1. The SMILES string of the molecule is Cc1cc(F)ccc1S(=O)(=O)NC(C)(C)c1nccs1. The summed E-state index contributed by atoms with van der Waals surface area (Å²) in [5.41, 5.74) is -0.458. The molecule has 0 saturated carbocycles. The summed E-state index contributed by atoms with van der Waals surface area (Å²) in [4.78, 5) is 4.21. The molecule has 7 heteroatoms. The second kappa shape index (κ2) is 5.23. The highest BCUT2D eigenvalue weighted by Gasteiger charge is 2.30. The van der Waals surface area contributed by atoms with Gasteiger partial charge >= 0.3 is 0 Å². The highest BCUT2D eigenvalue weighted by Crippen LogP contribution is 2.25. The second-order valence-corrected chi connectivity index (χ2v) is 7.52. The molecule has 1 N–H and O–H groups in total. The summed E-state index contributed by atoms with van der Waals surface area (Å²) in [7, 11) is -3.74. The van der Waals surface area contributed by atoms with Crippen molar-refractivity contribution in [2.75, 3.05) is 0 Å². The van der Waals surface area contributed by atoms with Gasteiger partial charge < -0.3 is 0 Å². The van der Waals surface area contributed by atoms with Crippen molar-refractivity contribution >= 4 is 21.4 Å². The minimum atomic E-state index is -3.74. The average molecular weight is 314 g/mol. The lowest BCUT2D eigenvalue weighted by molar-refractivity contribution is 0.469. The summed E-state index contributed by atoms with van der Waals surface area (Å²) >= 11 is 1.37. The largest absolute Gasteiger partial charge is 0.248 e. The van der Waals surface area contributed by atoms with Gasteiger partial charge in [-0.25, -0.2) is 17.8 Å². The molecule has 0 aliphatic heterocycles. The average Bonchev–Trinajstić information content (AvgIpc) is 2.80. The fraction of sp³-hybridized carbons (Fsp3) is 0.308. The number of hydrogen-bond acceptors (Lipinski definition) is 4. The van der Waals surface area contributed by atoms with Crippen molar-refractivity contribution < 1.29 is 12.8 Å². The van der Waals surface area contributed by atoms with Gasteiger partial charge in [0, 0.05) is 11.6 Å². The molecule has 0 radical (unpaired) electrons. The van der Waals surface area contributed by atoms with E-state index in [4.69, 9.17) is 0 Å². The molecule has 1 aromatic carbocycles. The zero-order valence-electron chi connectivity index (χ0n) is 11.3. The van der Waals surface area contributed by atoms with E-state index in [2.05, 4.69) is 9.71 Å². The number of nitrogens with one attached hydrogen (secondary N) is 1. The molecular weight excluding hydrogens is 299 g/mol. The standard InChI is InChI=1S/C13H15FN2O2S2/c1-9-8-10(14)4-5-11(9)20(17,18)16-13(2,3)12-15-6-7-19-12/h4-8,16H,1-3H3. The Morgan fingerprint density at radius 3 is 2.60 bits per heavy atom. The first-order valence-corrected chi connectivity index (χ1v) is 8.29. The Morgan fingerprint density at radius 1 is 1.35 bits per heavy atom. The second-order valence-electron chi connectivity index (χ2n) is 4.98. The van der Waals surface area contributed by atoms with Crippen LogP contribution in [0.1, 0.15) is 24.4 Å². The van der Waals surface area contributed by atoms with Gasteiger partial charge in [0.05, 0.1) is 10.4 Å². The zero-order chi connectivity index (χ0) is 15.0. The fourth-order valence-electron chi connectivity index (χ4n) is 1.88. The van der Waals surface area contributed by atoms with Crippen molar-refractivity contribution in [3.05, 3.63) is 46.2 Å². The zero-order valence-corrected chi connectivity index (χ0v) is 13.0. The van der Waals surface area contributed by atoms with Crippen LogP contribution in [-0.4, -0.2) is 13.4 Å². The van der Waals surface area contributed by atoms with E-state index in [0.29, 0.717) is 10.6 Å². The number of aromatic nitrogens is 1. The van der Waals surface area contributed by atoms with Gasteiger partial charge in [0.1, 0.15) is 10.8 Å². The smallest absolute Gasteiger partial charge is 0.241 e. The van der Waals surface area contributed by atoms with Gasteiger partial charge in [0.2, 0.25) is 10.0 Å². The van der Waals surface area contributed by atoms with E-state index in [9.17, 15) is 12.8 Å². The lowest BCUT2D eigenvalue weighted by atomic mass is 10.1. The van der Waals surface area contributed by atoms with Crippen LogP contribution in [0, 0.1) is 12.7 Å². The van der Waals surface area contributed by atoms with Crippen molar-refractivity contribution in [3.63, 3.8) is 0 Å². The van der Waals surface area contributed by atoms with Crippen LogP contribution in [0.15, 0.2) is 34.7 Å². The highest BCUT2D eigenvalue weighted by atomic mass is 32.2. The van der Waals surface area contributed by atoms with Gasteiger partial charge in [-0.15, -0.1) is 11.3 Å². The number of aryl methyl sites for hydroxylation is 1. The van der Waals surface area contributed by atoms with Crippen LogP contribution in [0.5, 0.6) is 0 Å². The summed E-state index contributed by atoms with van der Waals surface area (Å²) < 4.78 is 40.5. The summed E-state index contributed by atoms with van der Waals surface area (Å²) in [5.74, 6) is -0.458. The lowest BCUT2D eigenvalue weighted by Crippen LogP contribution is -2.41. The van der Waals surface area contributed by atoms with Crippen LogP contribution >= 0.6 is 11.3 Å². The molecule has 0 fully saturated rings. The molecule has 0 unspecified atom stereocenters. The van der Waals surface area contributed by atoms with Crippen molar-refractivity contribution in [2.24, 2.45) is 0 Å². The fourth-order valence-corrected chi connectivity index (χ4v) is 4.27. The van der Waals surface area contributed by atoms with Crippen LogP contribution in [0.25, 0.3) is 0 Å². The predicted molar refractivity (Wildman–Crippen MR) is 76.6 cm³/mol. The number of sulfonamides is 1. The van der Waals surface area contributed by atoms with Crippen LogP contribution in [-0.2, 0) is 15.6 Å². The molecule has 1 heterocycles. The van der Waals surface area contributed by atoms with E-state index in [0.717, 1.165) is 6.07 Å². The highest BCUT2D eigenvalue weighted by molar-refractivity contribution is 7.89. The summed E-state index contributed by atoms with van der Waals surface area (Å²) in [6, 6.07) is 3.61. The van der Waals surface area contributed by atoms with E-state index in [1.54, 1.807) is 32.3 Å². The molecule has 0 aliphatic rings. The number of thiazole rings is 1. The Kier molecular flexibility index (Phi) is 3.95. The van der Waals surface area contributed by atoms with Gasteiger partial charge in [-0.05, 0) is 44.5 Å². The molecule has 108 valence electrons. The number of halogens is 1. The van der Waals surface area contributed by atoms with Gasteiger partial charge in [-0.3, -0.25) is 0 Å². The number of nitrogens with zero attached hydrogens (tertiary/aromatic N) is 1. The third-order valence-corrected chi connectivity index (χ3v) is 5.70. The maximum absolute atomic E-state index is 13.1. The molecule has 2 rings (SSSR count). The third-order valence-electron chi connectivity index (χ3n) is 2.78. The molecule has 0 amide bonds. The molecule has 0 bridgehead atoms.